The van der Waals surface area contributed by atoms with Crippen molar-refractivity contribution in [1.82, 2.24) is 0 Å². The Morgan fingerprint density at radius 2 is 1.63 bits per heavy atom. The molecule has 1 rings (SSSR count). The second-order valence-electron chi connectivity index (χ2n) is 3.42. The second-order valence-corrected chi connectivity index (χ2v) is 3.42. The van der Waals surface area contributed by atoms with Crippen LogP contribution in [0.4, 0.5) is 0 Å². The van der Waals surface area contributed by atoms with Crippen LogP contribution in [0, 0.1) is 0 Å². The summed E-state index contributed by atoms with van der Waals surface area (Å²) in [6, 6.07) is 2.40. The lowest BCUT2D eigenvalue weighted by atomic mass is 10.1. The van der Waals surface area contributed by atoms with Crippen molar-refractivity contribution < 1.29 is 34.0 Å². The second kappa shape index (κ2) is 6.60. The van der Waals surface area contributed by atoms with Crippen molar-refractivity contribution in [1.29, 1.82) is 0 Å². The molecule has 0 spiro atoms. The number of aliphatic hydroxyl groups is 1. The normalized spacial score (nSPS) is 9.84. The van der Waals surface area contributed by atoms with Crippen LogP contribution in [0.2, 0.25) is 0 Å². The summed E-state index contributed by atoms with van der Waals surface area (Å²) in [5.74, 6) is -1.86. The zero-order chi connectivity index (χ0) is 14.4. The zero-order valence-electron chi connectivity index (χ0n) is 10.5. The Balaban J connectivity index is 3.24. The van der Waals surface area contributed by atoms with E-state index in [2.05, 4.69) is 0 Å². The number of rotatable bonds is 6. The molecule has 1 aromatic carbocycles. The number of benzene rings is 1. The van der Waals surface area contributed by atoms with Gasteiger partial charge in [0.1, 0.15) is 29.2 Å². The fourth-order valence-electron chi connectivity index (χ4n) is 1.44. The fourth-order valence-corrected chi connectivity index (χ4v) is 1.44. The maximum atomic E-state index is 11.7. The van der Waals surface area contributed by atoms with E-state index in [-0.39, 0.29) is 35.8 Å². The first-order valence-corrected chi connectivity index (χ1v) is 5.32. The molecule has 0 saturated heterocycles. The van der Waals surface area contributed by atoms with Crippen LogP contribution in [-0.2, 0) is 4.74 Å². The van der Waals surface area contributed by atoms with Crippen molar-refractivity contribution in [3.8, 4) is 11.5 Å². The molecule has 0 atom stereocenters. The first-order valence-electron chi connectivity index (χ1n) is 5.32. The van der Waals surface area contributed by atoms with Crippen LogP contribution in [0.25, 0.3) is 0 Å². The van der Waals surface area contributed by atoms with E-state index >= 15 is 0 Å². The average Bonchev–Trinajstić information content (AvgIpc) is 2.42. The van der Waals surface area contributed by atoms with Gasteiger partial charge in [-0.05, 0) is 12.1 Å². The molecule has 0 heterocycles. The van der Waals surface area contributed by atoms with E-state index in [4.69, 9.17) is 24.4 Å². The van der Waals surface area contributed by atoms with Crippen molar-refractivity contribution in [3.63, 3.8) is 0 Å². The summed E-state index contributed by atoms with van der Waals surface area (Å²) >= 11 is 0. The van der Waals surface area contributed by atoms with E-state index in [1.54, 1.807) is 0 Å². The molecular weight excluding hydrogens is 256 g/mol. The van der Waals surface area contributed by atoms with E-state index in [0.717, 1.165) is 0 Å². The molecule has 0 aromatic heterocycles. The minimum absolute atomic E-state index is 0.0178. The molecule has 104 valence electrons. The Labute approximate surface area is 109 Å². The number of hydrogen-bond acceptors (Lipinski definition) is 6. The van der Waals surface area contributed by atoms with Gasteiger partial charge in [-0.25, -0.2) is 9.59 Å². The van der Waals surface area contributed by atoms with Crippen molar-refractivity contribution in [2.75, 3.05) is 27.4 Å². The zero-order valence-corrected chi connectivity index (χ0v) is 10.5. The van der Waals surface area contributed by atoms with E-state index in [1.807, 2.05) is 0 Å². The molecule has 2 N–H and O–H groups in total. The van der Waals surface area contributed by atoms with Crippen molar-refractivity contribution in [2.45, 2.75) is 0 Å². The quantitative estimate of drug-likeness (QED) is 0.728. The largest absolute Gasteiger partial charge is 0.496 e. The predicted octanol–water partition coefficient (Wildman–Crippen LogP) is 0.551. The molecule has 0 unspecified atom stereocenters. The van der Waals surface area contributed by atoms with Gasteiger partial charge in [0, 0.05) is 0 Å². The molecule has 0 aliphatic rings. The number of aromatic carboxylic acids is 1. The van der Waals surface area contributed by atoms with Crippen LogP contribution in [0.1, 0.15) is 20.7 Å². The Morgan fingerprint density at radius 1 is 1.11 bits per heavy atom. The molecule has 0 amide bonds. The topological polar surface area (TPSA) is 102 Å². The molecule has 7 heteroatoms. The number of methoxy groups -OCH3 is 2. The van der Waals surface area contributed by atoms with Crippen LogP contribution in [0.3, 0.4) is 0 Å². The highest BCUT2D eigenvalue weighted by Crippen LogP contribution is 2.29. The number of carbonyl (C=O) groups is 2. The molecule has 19 heavy (non-hydrogen) atoms. The molecule has 0 radical (unpaired) electrons. The van der Waals surface area contributed by atoms with Gasteiger partial charge in [0.05, 0.1) is 20.8 Å². The molecule has 7 nitrogen and oxygen atoms in total. The van der Waals surface area contributed by atoms with Gasteiger partial charge in [-0.2, -0.15) is 0 Å². The van der Waals surface area contributed by atoms with Gasteiger partial charge in [0.2, 0.25) is 0 Å². The van der Waals surface area contributed by atoms with Gasteiger partial charge < -0.3 is 24.4 Å². The highest BCUT2D eigenvalue weighted by atomic mass is 16.5. The van der Waals surface area contributed by atoms with Gasteiger partial charge in [0.15, 0.2) is 0 Å². The Kier molecular flexibility index (Phi) is 5.13. The fraction of sp³-hybridized carbons (Fsp3) is 0.333. The van der Waals surface area contributed by atoms with E-state index in [0.29, 0.717) is 0 Å². The summed E-state index contributed by atoms with van der Waals surface area (Å²) in [5.41, 5.74) is -0.101. The lowest BCUT2D eigenvalue weighted by Crippen LogP contribution is -2.12. The van der Waals surface area contributed by atoms with E-state index in [9.17, 15) is 9.59 Å². The summed E-state index contributed by atoms with van der Waals surface area (Å²) in [7, 11) is 2.59. The Morgan fingerprint density at radius 3 is 2.11 bits per heavy atom. The highest BCUT2D eigenvalue weighted by molar-refractivity contribution is 5.97. The Bertz CT molecular complexity index is 481. The summed E-state index contributed by atoms with van der Waals surface area (Å²) in [5, 5.41) is 17.6. The van der Waals surface area contributed by atoms with Gasteiger partial charge in [-0.1, -0.05) is 0 Å². The molecule has 0 fully saturated rings. The number of ether oxygens (including phenoxy) is 3. The highest BCUT2D eigenvalue weighted by Gasteiger charge is 2.21. The summed E-state index contributed by atoms with van der Waals surface area (Å²) in [6.07, 6.45) is 0. The number of carboxylic acids is 1. The lowest BCUT2D eigenvalue weighted by molar-refractivity contribution is 0.0429. The van der Waals surface area contributed by atoms with Crippen molar-refractivity contribution in [3.05, 3.63) is 23.3 Å². The third-order valence-corrected chi connectivity index (χ3v) is 2.30. The van der Waals surface area contributed by atoms with Crippen molar-refractivity contribution in [2.24, 2.45) is 0 Å². The molecular formula is C12H14O7. The maximum Gasteiger partial charge on any atom is 0.342 e. The van der Waals surface area contributed by atoms with Gasteiger partial charge >= 0.3 is 11.9 Å². The van der Waals surface area contributed by atoms with Crippen LogP contribution in [-0.4, -0.2) is 49.6 Å². The minimum Gasteiger partial charge on any atom is -0.496 e. The van der Waals surface area contributed by atoms with Gasteiger partial charge in [-0.15, -0.1) is 0 Å². The summed E-state index contributed by atoms with van der Waals surface area (Å²) in [4.78, 5) is 22.7. The maximum absolute atomic E-state index is 11.7. The molecule has 0 aliphatic carbocycles. The third kappa shape index (κ3) is 3.35. The third-order valence-electron chi connectivity index (χ3n) is 2.30. The van der Waals surface area contributed by atoms with Crippen LogP contribution in [0.15, 0.2) is 12.1 Å². The van der Waals surface area contributed by atoms with Crippen molar-refractivity contribution >= 4 is 11.9 Å². The number of carbonyl (C=O) groups excluding carboxylic acids is 1. The number of aliphatic hydroxyl groups excluding tert-OH is 1. The molecule has 0 bridgehead atoms. The van der Waals surface area contributed by atoms with Crippen LogP contribution < -0.4 is 9.47 Å². The van der Waals surface area contributed by atoms with Crippen LogP contribution >= 0.6 is 0 Å². The van der Waals surface area contributed by atoms with E-state index in [1.165, 1.54) is 26.4 Å². The minimum atomic E-state index is -1.20. The standard InChI is InChI=1S/C12H14O7/c1-17-9-6-8(12(16)19-4-3-13)10(18-2)5-7(9)11(14)15/h5-6,13H,3-4H2,1-2H3,(H,14,15). The van der Waals surface area contributed by atoms with E-state index < -0.39 is 11.9 Å². The average molecular weight is 270 g/mol. The lowest BCUT2D eigenvalue weighted by Gasteiger charge is -2.12. The number of hydrogen-bond donors (Lipinski definition) is 2. The summed E-state index contributed by atoms with van der Waals surface area (Å²) in [6.45, 7) is -0.469. The predicted molar refractivity (Wildman–Crippen MR) is 63.9 cm³/mol. The Hall–Kier alpha value is -2.28. The molecule has 0 saturated carbocycles. The molecule has 1 aromatic rings. The van der Waals surface area contributed by atoms with Gasteiger partial charge in [0.25, 0.3) is 0 Å². The van der Waals surface area contributed by atoms with Crippen LogP contribution in [0.5, 0.6) is 11.5 Å². The first-order chi connectivity index (χ1) is 9.04. The monoisotopic (exact) mass is 270 g/mol. The summed E-state index contributed by atoms with van der Waals surface area (Å²) < 4.78 is 14.6. The SMILES string of the molecule is COc1cc(C(=O)OCCO)c(OC)cc1C(=O)O. The smallest absolute Gasteiger partial charge is 0.342 e. The number of esters is 1. The number of carboxylic acid groups (broad SMARTS) is 1. The molecule has 0 aliphatic heterocycles. The first kappa shape index (κ1) is 14.8. The van der Waals surface area contributed by atoms with Gasteiger partial charge in [-0.3, -0.25) is 0 Å².